The molecule has 0 saturated heterocycles. The third-order valence-electron chi connectivity index (χ3n) is 4.94. The van der Waals surface area contributed by atoms with Crippen molar-refractivity contribution in [1.29, 1.82) is 0 Å². The van der Waals surface area contributed by atoms with E-state index in [1.807, 2.05) is 18.2 Å². The SMILES string of the molecule is COc1cc(/C=N/N(C(=O)COc2ccc(Cl)cc2)c2nc3ccc(Br)cc3s2)cc(OC)c1OC. The minimum atomic E-state index is -0.410. The van der Waals surface area contributed by atoms with E-state index >= 15 is 0 Å². The molecule has 0 spiro atoms. The zero-order valence-corrected chi connectivity index (χ0v) is 22.7. The number of hydrogen-bond donors (Lipinski definition) is 0. The molecule has 0 aliphatic carbocycles. The van der Waals surface area contributed by atoms with Gasteiger partial charge in [-0.1, -0.05) is 38.9 Å². The Morgan fingerprint density at radius 2 is 1.75 bits per heavy atom. The molecule has 0 aliphatic heterocycles. The molecule has 0 saturated carbocycles. The summed E-state index contributed by atoms with van der Waals surface area (Å²) in [6.07, 6.45) is 1.52. The monoisotopic (exact) mass is 589 g/mol. The van der Waals surface area contributed by atoms with E-state index in [4.69, 9.17) is 30.5 Å². The van der Waals surface area contributed by atoms with Gasteiger partial charge in [-0.2, -0.15) is 10.1 Å². The lowest BCUT2D eigenvalue weighted by molar-refractivity contribution is -0.120. The van der Waals surface area contributed by atoms with E-state index in [1.54, 1.807) is 36.4 Å². The van der Waals surface area contributed by atoms with Gasteiger partial charge in [-0.3, -0.25) is 4.79 Å². The van der Waals surface area contributed by atoms with Crippen molar-refractivity contribution in [3.63, 3.8) is 0 Å². The maximum atomic E-state index is 13.2. The number of hydrazone groups is 1. The van der Waals surface area contributed by atoms with Gasteiger partial charge in [-0.25, -0.2) is 4.98 Å². The quantitative estimate of drug-likeness (QED) is 0.171. The molecule has 0 bridgehead atoms. The maximum absolute atomic E-state index is 13.2. The summed E-state index contributed by atoms with van der Waals surface area (Å²) < 4.78 is 23.7. The van der Waals surface area contributed by atoms with Gasteiger partial charge in [-0.15, -0.1) is 0 Å². The molecule has 0 atom stereocenters. The van der Waals surface area contributed by atoms with Crippen LogP contribution in [0.5, 0.6) is 23.0 Å². The number of carbonyl (C=O) groups is 1. The van der Waals surface area contributed by atoms with Crippen LogP contribution in [0.3, 0.4) is 0 Å². The molecule has 1 heterocycles. The fourth-order valence-corrected chi connectivity index (χ4v) is 4.85. The average molecular weight is 591 g/mol. The van der Waals surface area contributed by atoms with Gasteiger partial charge in [0.2, 0.25) is 10.9 Å². The lowest BCUT2D eigenvalue weighted by atomic mass is 10.2. The fourth-order valence-electron chi connectivity index (χ4n) is 3.23. The van der Waals surface area contributed by atoms with Crippen LogP contribution in [0.2, 0.25) is 5.02 Å². The van der Waals surface area contributed by atoms with E-state index in [0.717, 1.165) is 14.7 Å². The first kappa shape index (κ1) is 25.7. The second-order valence-corrected chi connectivity index (χ2v) is 9.62. The van der Waals surface area contributed by atoms with Crippen LogP contribution >= 0.6 is 38.9 Å². The molecular formula is C25H21BrClN3O5S. The van der Waals surface area contributed by atoms with Crippen molar-refractivity contribution >= 4 is 66.3 Å². The zero-order chi connectivity index (χ0) is 25.7. The Labute approximate surface area is 225 Å². The van der Waals surface area contributed by atoms with E-state index in [1.165, 1.54) is 43.9 Å². The van der Waals surface area contributed by atoms with Crippen LogP contribution in [-0.4, -0.2) is 45.0 Å². The Hall–Kier alpha value is -3.34. The second kappa shape index (κ2) is 11.6. The Bertz CT molecular complexity index is 1390. The number of fused-ring (bicyclic) bond motifs is 1. The number of hydrogen-bond acceptors (Lipinski definition) is 8. The molecule has 8 nitrogen and oxygen atoms in total. The number of thiazole rings is 1. The highest BCUT2D eigenvalue weighted by Crippen LogP contribution is 2.38. The maximum Gasteiger partial charge on any atom is 0.287 e. The summed E-state index contributed by atoms with van der Waals surface area (Å²) in [7, 11) is 4.59. The second-order valence-electron chi connectivity index (χ2n) is 7.26. The molecule has 1 amide bonds. The van der Waals surface area contributed by atoms with Crippen LogP contribution in [0, 0.1) is 0 Å². The van der Waals surface area contributed by atoms with Gasteiger partial charge < -0.3 is 18.9 Å². The van der Waals surface area contributed by atoms with E-state index in [2.05, 4.69) is 26.0 Å². The van der Waals surface area contributed by atoms with E-state index < -0.39 is 5.91 Å². The number of benzene rings is 3. The van der Waals surface area contributed by atoms with E-state index in [9.17, 15) is 4.79 Å². The van der Waals surface area contributed by atoms with Crippen molar-refractivity contribution in [3.05, 3.63) is 69.7 Å². The Morgan fingerprint density at radius 3 is 2.39 bits per heavy atom. The predicted octanol–water partition coefficient (Wildman–Crippen LogP) is 6.18. The van der Waals surface area contributed by atoms with Crippen LogP contribution in [-0.2, 0) is 4.79 Å². The summed E-state index contributed by atoms with van der Waals surface area (Å²) in [5.74, 6) is 1.48. The first-order chi connectivity index (χ1) is 17.4. The van der Waals surface area contributed by atoms with Crippen LogP contribution in [0.25, 0.3) is 10.2 Å². The first-order valence-electron chi connectivity index (χ1n) is 10.5. The number of amides is 1. The molecule has 0 N–H and O–H groups in total. The van der Waals surface area contributed by atoms with Gasteiger partial charge in [0.15, 0.2) is 18.1 Å². The topological polar surface area (TPSA) is 82.5 Å². The molecule has 4 aromatic rings. The largest absolute Gasteiger partial charge is 0.493 e. The van der Waals surface area contributed by atoms with Gasteiger partial charge in [0, 0.05) is 15.1 Å². The molecule has 0 aliphatic rings. The summed E-state index contributed by atoms with van der Waals surface area (Å²) in [4.78, 5) is 17.8. The molecule has 36 heavy (non-hydrogen) atoms. The molecule has 0 radical (unpaired) electrons. The van der Waals surface area contributed by atoms with Crippen LogP contribution in [0.1, 0.15) is 5.56 Å². The number of halogens is 2. The number of rotatable bonds is 9. The molecular weight excluding hydrogens is 570 g/mol. The van der Waals surface area contributed by atoms with Crippen molar-refractivity contribution in [2.45, 2.75) is 0 Å². The smallest absolute Gasteiger partial charge is 0.287 e. The van der Waals surface area contributed by atoms with Gasteiger partial charge >= 0.3 is 0 Å². The highest BCUT2D eigenvalue weighted by Gasteiger charge is 2.21. The summed E-state index contributed by atoms with van der Waals surface area (Å²) in [6.45, 7) is -0.256. The molecule has 0 unspecified atom stereocenters. The zero-order valence-electron chi connectivity index (χ0n) is 19.5. The van der Waals surface area contributed by atoms with E-state index in [-0.39, 0.29) is 6.61 Å². The third kappa shape index (κ3) is 5.89. The minimum absolute atomic E-state index is 0.256. The number of methoxy groups -OCH3 is 3. The molecule has 11 heteroatoms. The highest BCUT2D eigenvalue weighted by molar-refractivity contribution is 9.10. The van der Waals surface area contributed by atoms with Crippen molar-refractivity contribution in [3.8, 4) is 23.0 Å². The lowest BCUT2D eigenvalue weighted by Crippen LogP contribution is -2.30. The molecule has 1 aromatic heterocycles. The van der Waals surface area contributed by atoms with Crippen LogP contribution in [0.4, 0.5) is 5.13 Å². The average Bonchev–Trinajstić information content (AvgIpc) is 3.30. The first-order valence-corrected chi connectivity index (χ1v) is 12.5. The Kier molecular flexibility index (Phi) is 8.29. The van der Waals surface area contributed by atoms with Crippen molar-refractivity contribution in [2.24, 2.45) is 5.10 Å². The van der Waals surface area contributed by atoms with Crippen molar-refractivity contribution in [1.82, 2.24) is 4.98 Å². The number of aromatic nitrogens is 1. The standard InChI is InChI=1S/C25H21BrClN3O5S/c1-32-20-10-15(11-21(33-2)24(20)34-3)13-28-30(23(31)14-35-18-7-5-17(27)6-8-18)25-29-19-9-4-16(26)12-22(19)36-25/h4-13H,14H2,1-3H3/b28-13+. The number of ether oxygens (including phenoxy) is 4. The molecule has 3 aromatic carbocycles. The van der Waals surface area contributed by atoms with Crippen molar-refractivity contribution in [2.75, 3.05) is 32.9 Å². The van der Waals surface area contributed by atoms with E-state index in [0.29, 0.717) is 38.7 Å². The van der Waals surface area contributed by atoms with Crippen LogP contribution in [0.15, 0.2) is 64.2 Å². The Balaban J connectivity index is 1.67. The summed E-state index contributed by atoms with van der Waals surface area (Å²) in [5, 5.41) is 6.65. The summed E-state index contributed by atoms with van der Waals surface area (Å²) >= 11 is 10.7. The highest BCUT2D eigenvalue weighted by atomic mass is 79.9. The van der Waals surface area contributed by atoms with Crippen molar-refractivity contribution < 1.29 is 23.7 Å². The molecule has 4 rings (SSSR count). The number of nitrogens with zero attached hydrogens (tertiary/aromatic N) is 3. The summed E-state index contributed by atoms with van der Waals surface area (Å²) in [6, 6.07) is 15.9. The van der Waals surface area contributed by atoms with Crippen LogP contribution < -0.4 is 24.0 Å². The molecule has 0 fully saturated rings. The Morgan fingerprint density at radius 1 is 1.06 bits per heavy atom. The molecule has 186 valence electrons. The summed E-state index contributed by atoms with van der Waals surface area (Å²) in [5.41, 5.74) is 1.38. The fraction of sp³-hybridized carbons (Fsp3) is 0.160. The normalized spacial score (nSPS) is 11.0. The number of carbonyl (C=O) groups excluding carboxylic acids is 1. The lowest BCUT2D eigenvalue weighted by Gasteiger charge is -2.15. The van der Waals surface area contributed by atoms with Gasteiger partial charge in [0.25, 0.3) is 5.91 Å². The number of anilines is 1. The third-order valence-corrected chi connectivity index (χ3v) is 6.68. The minimum Gasteiger partial charge on any atom is -0.493 e. The van der Waals surface area contributed by atoms with Gasteiger partial charge in [0.1, 0.15) is 5.75 Å². The van der Waals surface area contributed by atoms with Gasteiger partial charge in [0.05, 0.1) is 37.8 Å². The van der Waals surface area contributed by atoms with Gasteiger partial charge in [-0.05, 0) is 54.6 Å². The predicted molar refractivity (Wildman–Crippen MR) is 145 cm³/mol.